The third-order valence-corrected chi connectivity index (χ3v) is 3.81. The van der Waals surface area contributed by atoms with Gasteiger partial charge in [0.2, 0.25) is 11.5 Å². The quantitative estimate of drug-likeness (QED) is 0.278. The van der Waals surface area contributed by atoms with Gasteiger partial charge in [-0.25, -0.2) is 4.79 Å². The molecule has 0 aliphatic carbocycles. The van der Waals surface area contributed by atoms with Gasteiger partial charge in [0.05, 0.1) is 26.3 Å². The fourth-order valence-electron chi connectivity index (χ4n) is 2.48. The summed E-state index contributed by atoms with van der Waals surface area (Å²) in [6.07, 6.45) is 0. The van der Waals surface area contributed by atoms with Crippen LogP contribution in [-0.2, 0) is 4.74 Å². The second-order valence-corrected chi connectivity index (χ2v) is 5.60. The van der Waals surface area contributed by atoms with Crippen LogP contribution in [0.2, 0.25) is 0 Å². The van der Waals surface area contributed by atoms with Crippen LogP contribution in [0, 0.1) is 17.0 Å². The number of ether oxygens (including phenoxy) is 5. The molecule has 0 bridgehead atoms. The molecule has 0 heterocycles. The standard InChI is InChI=1S/C19H21NO8/c1-12-5-7-13(8-6-12)27-9-10-28-19(21)14-11-15(24-2)17(25-3)18(26-4)16(14)20(22)23/h5-8,11H,9-10H2,1-4H3. The maximum Gasteiger partial charge on any atom is 0.345 e. The Morgan fingerprint density at radius 1 is 1.00 bits per heavy atom. The molecule has 9 nitrogen and oxygen atoms in total. The Hall–Kier alpha value is -3.49. The summed E-state index contributed by atoms with van der Waals surface area (Å²) in [5, 5.41) is 11.5. The van der Waals surface area contributed by atoms with Gasteiger partial charge in [-0.3, -0.25) is 10.1 Å². The van der Waals surface area contributed by atoms with E-state index in [0.717, 1.165) is 5.56 Å². The summed E-state index contributed by atoms with van der Waals surface area (Å²) in [6, 6.07) is 8.55. The topological polar surface area (TPSA) is 106 Å². The Balaban J connectivity index is 2.17. The van der Waals surface area contributed by atoms with E-state index in [1.807, 2.05) is 19.1 Å². The van der Waals surface area contributed by atoms with Crippen molar-refractivity contribution in [2.45, 2.75) is 6.92 Å². The summed E-state index contributed by atoms with van der Waals surface area (Å²) in [7, 11) is 3.88. The van der Waals surface area contributed by atoms with Crippen molar-refractivity contribution >= 4 is 11.7 Å². The normalized spacial score (nSPS) is 10.1. The van der Waals surface area contributed by atoms with Crippen molar-refractivity contribution < 1.29 is 33.4 Å². The molecule has 150 valence electrons. The summed E-state index contributed by atoms with van der Waals surface area (Å²) >= 11 is 0. The molecule has 0 unspecified atom stereocenters. The van der Waals surface area contributed by atoms with Crippen molar-refractivity contribution in [3.8, 4) is 23.0 Å². The minimum Gasteiger partial charge on any atom is -0.493 e. The molecule has 0 saturated heterocycles. The number of nitro benzene ring substituents is 1. The molecule has 0 N–H and O–H groups in total. The molecule has 0 aliphatic heterocycles. The number of nitrogens with zero attached hydrogens (tertiary/aromatic N) is 1. The van der Waals surface area contributed by atoms with Crippen molar-refractivity contribution in [1.82, 2.24) is 0 Å². The molecule has 0 aliphatic rings. The molecule has 0 aromatic heterocycles. The molecule has 0 fully saturated rings. The number of esters is 1. The van der Waals surface area contributed by atoms with Gasteiger partial charge < -0.3 is 23.7 Å². The van der Waals surface area contributed by atoms with Crippen LogP contribution in [0.15, 0.2) is 30.3 Å². The predicted molar refractivity (Wildman–Crippen MR) is 99.7 cm³/mol. The Bertz CT molecular complexity index is 848. The Morgan fingerprint density at radius 3 is 2.18 bits per heavy atom. The van der Waals surface area contributed by atoms with E-state index in [0.29, 0.717) is 5.75 Å². The fraction of sp³-hybridized carbons (Fsp3) is 0.316. The van der Waals surface area contributed by atoms with E-state index in [-0.39, 0.29) is 36.0 Å². The summed E-state index contributed by atoms with van der Waals surface area (Å²) in [5.74, 6) is -0.391. The van der Waals surface area contributed by atoms with E-state index in [1.165, 1.54) is 27.4 Å². The first-order valence-corrected chi connectivity index (χ1v) is 8.26. The Labute approximate surface area is 161 Å². The first-order valence-electron chi connectivity index (χ1n) is 8.26. The number of hydrogen-bond acceptors (Lipinski definition) is 8. The van der Waals surface area contributed by atoms with E-state index in [9.17, 15) is 14.9 Å². The van der Waals surface area contributed by atoms with Gasteiger partial charge in [-0.2, -0.15) is 0 Å². The van der Waals surface area contributed by atoms with Gasteiger partial charge in [0.25, 0.3) is 0 Å². The highest BCUT2D eigenvalue weighted by atomic mass is 16.6. The smallest absolute Gasteiger partial charge is 0.345 e. The van der Waals surface area contributed by atoms with Crippen LogP contribution in [-0.4, -0.2) is 45.4 Å². The van der Waals surface area contributed by atoms with Gasteiger partial charge in [0.15, 0.2) is 5.75 Å². The molecule has 2 rings (SSSR count). The molecule has 2 aromatic carbocycles. The molecule has 28 heavy (non-hydrogen) atoms. The van der Waals surface area contributed by atoms with Gasteiger partial charge in [-0.15, -0.1) is 0 Å². The number of rotatable bonds is 9. The van der Waals surface area contributed by atoms with E-state index >= 15 is 0 Å². The summed E-state index contributed by atoms with van der Waals surface area (Å²) < 4.78 is 25.9. The minimum atomic E-state index is -0.904. The second-order valence-electron chi connectivity index (χ2n) is 5.60. The van der Waals surface area contributed by atoms with Crippen LogP contribution >= 0.6 is 0 Å². The van der Waals surface area contributed by atoms with Gasteiger partial charge >= 0.3 is 11.7 Å². The lowest BCUT2D eigenvalue weighted by Crippen LogP contribution is -2.15. The molecule has 0 radical (unpaired) electrons. The molecular weight excluding hydrogens is 370 g/mol. The number of methoxy groups -OCH3 is 3. The number of hydrogen-bond donors (Lipinski definition) is 0. The van der Waals surface area contributed by atoms with Gasteiger partial charge in [0, 0.05) is 6.07 Å². The number of nitro groups is 1. The van der Waals surface area contributed by atoms with Gasteiger partial charge in [-0.1, -0.05) is 17.7 Å². The average Bonchev–Trinajstić information content (AvgIpc) is 2.70. The van der Waals surface area contributed by atoms with Crippen LogP contribution < -0.4 is 18.9 Å². The first kappa shape index (κ1) is 20.8. The van der Waals surface area contributed by atoms with Crippen LogP contribution in [0.4, 0.5) is 5.69 Å². The highest BCUT2D eigenvalue weighted by Gasteiger charge is 2.33. The SMILES string of the molecule is COc1cc(C(=O)OCCOc2ccc(C)cc2)c([N+](=O)[O-])c(OC)c1OC. The molecule has 0 amide bonds. The lowest BCUT2D eigenvalue weighted by Gasteiger charge is -2.14. The Kier molecular flexibility index (Phi) is 7.02. The first-order chi connectivity index (χ1) is 13.4. The summed E-state index contributed by atoms with van der Waals surface area (Å²) in [6.45, 7) is 1.95. The minimum absolute atomic E-state index is 0.0101. The maximum absolute atomic E-state index is 12.4. The zero-order chi connectivity index (χ0) is 20.7. The van der Waals surface area contributed by atoms with Crippen LogP contribution in [0.1, 0.15) is 15.9 Å². The number of aryl methyl sites for hydroxylation is 1. The largest absolute Gasteiger partial charge is 0.493 e. The van der Waals surface area contributed by atoms with Crippen molar-refractivity contribution in [1.29, 1.82) is 0 Å². The monoisotopic (exact) mass is 391 g/mol. The third-order valence-electron chi connectivity index (χ3n) is 3.81. The van der Waals surface area contributed by atoms with Crippen LogP contribution in [0.5, 0.6) is 23.0 Å². The molecule has 2 aromatic rings. The lowest BCUT2D eigenvalue weighted by atomic mass is 10.1. The van der Waals surface area contributed by atoms with Crippen molar-refractivity contribution in [3.05, 3.63) is 51.6 Å². The van der Waals surface area contributed by atoms with Crippen molar-refractivity contribution in [3.63, 3.8) is 0 Å². The summed E-state index contributed by atoms with van der Waals surface area (Å²) in [4.78, 5) is 23.2. The average molecular weight is 391 g/mol. The summed E-state index contributed by atoms with van der Waals surface area (Å²) in [5.41, 5.74) is 0.216. The van der Waals surface area contributed by atoms with E-state index in [2.05, 4.69) is 0 Å². The number of benzene rings is 2. The van der Waals surface area contributed by atoms with E-state index in [1.54, 1.807) is 12.1 Å². The number of carbonyl (C=O) groups is 1. The molecule has 0 spiro atoms. The van der Waals surface area contributed by atoms with Crippen molar-refractivity contribution in [2.75, 3.05) is 34.5 Å². The van der Waals surface area contributed by atoms with Gasteiger partial charge in [-0.05, 0) is 19.1 Å². The lowest BCUT2D eigenvalue weighted by molar-refractivity contribution is -0.386. The molecule has 0 atom stereocenters. The highest BCUT2D eigenvalue weighted by molar-refractivity contribution is 5.97. The highest BCUT2D eigenvalue weighted by Crippen LogP contribution is 2.46. The van der Waals surface area contributed by atoms with Crippen molar-refractivity contribution in [2.24, 2.45) is 0 Å². The zero-order valence-corrected chi connectivity index (χ0v) is 16.0. The van der Waals surface area contributed by atoms with Crippen LogP contribution in [0.3, 0.4) is 0 Å². The zero-order valence-electron chi connectivity index (χ0n) is 16.0. The Morgan fingerprint density at radius 2 is 1.64 bits per heavy atom. The maximum atomic E-state index is 12.4. The van der Waals surface area contributed by atoms with E-state index in [4.69, 9.17) is 23.7 Å². The third kappa shape index (κ3) is 4.61. The van der Waals surface area contributed by atoms with Crippen LogP contribution in [0.25, 0.3) is 0 Å². The predicted octanol–water partition coefficient (Wildman–Crippen LogP) is 3.16. The fourth-order valence-corrected chi connectivity index (χ4v) is 2.48. The molecule has 9 heteroatoms. The molecular formula is C19H21NO8. The molecule has 0 saturated carbocycles. The van der Waals surface area contributed by atoms with Gasteiger partial charge in [0.1, 0.15) is 24.5 Å². The number of carbonyl (C=O) groups excluding carboxylic acids is 1. The van der Waals surface area contributed by atoms with E-state index < -0.39 is 16.6 Å². The second kappa shape index (κ2) is 9.45.